The fourth-order valence-corrected chi connectivity index (χ4v) is 0.854. The van der Waals surface area contributed by atoms with Crippen molar-refractivity contribution in [3.8, 4) is 0 Å². The molecule has 0 aromatic carbocycles. The van der Waals surface area contributed by atoms with Gasteiger partial charge in [0.2, 0.25) is 0 Å². The summed E-state index contributed by atoms with van der Waals surface area (Å²) in [6.07, 6.45) is 1.20. The number of esters is 1. The smallest absolute Gasteiger partial charge is 0.407 e. The highest BCUT2D eigenvalue weighted by atomic mass is 16.6. The average Bonchev–Trinajstić information content (AvgIpc) is 2.28. The molecule has 0 aliphatic rings. The molecule has 0 aromatic heterocycles. The van der Waals surface area contributed by atoms with Crippen LogP contribution in [0.4, 0.5) is 4.79 Å². The molecule has 0 spiro atoms. The van der Waals surface area contributed by atoms with Crippen LogP contribution in [0.15, 0.2) is 0 Å². The van der Waals surface area contributed by atoms with Crippen molar-refractivity contribution in [3.63, 3.8) is 0 Å². The van der Waals surface area contributed by atoms with Crippen molar-refractivity contribution in [3.05, 3.63) is 0 Å². The first-order chi connectivity index (χ1) is 8.84. The Balaban J connectivity index is 0. The van der Waals surface area contributed by atoms with Gasteiger partial charge in [-0.05, 0) is 20.3 Å². The van der Waals surface area contributed by atoms with E-state index in [9.17, 15) is 9.59 Å². The average molecular weight is 277 g/mol. The summed E-state index contributed by atoms with van der Waals surface area (Å²) >= 11 is 0. The Kier molecular flexibility index (Phi) is 13.0. The molecular weight excluding hydrogens is 254 g/mol. The zero-order chi connectivity index (χ0) is 15.3. The molecule has 2 N–H and O–H groups in total. The highest BCUT2D eigenvalue weighted by molar-refractivity contribution is 5.80. The molecule has 1 amide bonds. The number of hydrogen-bond donors (Lipinski definition) is 2. The van der Waals surface area contributed by atoms with Gasteiger partial charge in [0, 0.05) is 6.92 Å². The van der Waals surface area contributed by atoms with E-state index in [1.54, 1.807) is 13.8 Å². The SMILES string of the molecule is CC(=O)O.CCCCOC(=O)NC(C)C(=O)OCC. The number of amides is 1. The van der Waals surface area contributed by atoms with Crippen LogP contribution in [0.3, 0.4) is 0 Å². The normalized spacial score (nSPS) is 10.5. The van der Waals surface area contributed by atoms with E-state index in [4.69, 9.17) is 19.4 Å². The lowest BCUT2D eigenvalue weighted by Crippen LogP contribution is -2.39. The Morgan fingerprint density at radius 3 is 2.16 bits per heavy atom. The third-order valence-electron chi connectivity index (χ3n) is 1.71. The summed E-state index contributed by atoms with van der Waals surface area (Å²) in [6.45, 7) is 7.03. The predicted octanol–water partition coefficient (Wildman–Crippen LogP) is 1.56. The van der Waals surface area contributed by atoms with Crippen molar-refractivity contribution in [1.82, 2.24) is 5.32 Å². The number of carbonyl (C=O) groups excluding carboxylic acids is 2. The quantitative estimate of drug-likeness (QED) is 0.564. The van der Waals surface area contributed by atoms with Gasteiger partial charge in [-0.25, -0.2) is 9.59 Å². The van der Waals surface area contributed by atoms with Gasteiger partial charge in [0.1, 0.15) is 6.04 Å². The second kappa shape index (κ2) is 12.7. The van der Waals surface area contributed by atoms with Gasteiger partial charge in [-0.2, -0.15) is 0 Å². The van der Waals surface area contributed by atoms with Gasteiger partial charge < -0.3 is 19.9 Å². The van der Waals surface area contributed by atoms with Crippen molar-refractivity contribution in [2.24, 2.45) is 0 Å². The van der Waals surface area contributed by atoms with Gasteiger partial charge in [0.25, 0.3) is 5.97 Å². The Morgan fingerprint density at radius 1 is 1.21 bits per heavy atom. The number of aliphatic carboxylic acids is 1. The highest BCUT2D eigenvalue weighted by Crippen LogP contribution is 1.92. The van der Waals surface area contributed by atoms with Crippen LogP contribution in [0.25, 0.3) is 0 Å². The third-order valence-corrected chi connectivity index (χ3v) is 1.71. The van der Waals surface area contributed by atoms with E-state index in [0.717, 1.165) is 19.8 Å². The van der Waals surface area contributed by atoms with Gasteiger partial charge in [-0.3, -0.25) is 4.79 Å². The number of unbranched alkanes of at least 4 members (excludes halogenated alkanes) is 1. The van der Waals surface area contributed by atoms with Crippen LogP contribution in [0, 0.1) is 0 Å². The van der Waals surface area contributed by atoms with E-state index < -0.39 is 24.1 Å². The summed E-state index contributed by atoms with van der Waals surface area (Å²) in [4.78, 5) is 31.2. The van der Waals surface area contributed by atoms with E-state index >= 15 is 0 Å². The zero-order valence-corrected chi connectivity index (χ0v) is 11.9. The van der Waals surface area contributed by atoms with E-state index in [1.165, 1.54) is 0 Å². The first-order valence-electron chi connectivity index (χ1n) is 6.14. The molecule has 112 valence electrons. The molecule has 0 radical (unpaired) electrons. The molecule has 1 atom stereocenters. The molecule has 0 fully saturated rings. The maximum Gasteiger partial charge on any atom is 0.407 e. The van der Waals surface area contributed by atoms with Gasteiger partial charge >= 0.3 is 12.1 Å². The molecule has 0 bridgehead atoms. The second-order valence-corrected chi connectivity index (χ2v) is 3.63. The molecule has 0 heterocycles. The molecule has 1 unspecified atom stereocenters. The third kappa shape index (κ3) is 16.2. The molecule has 19 heavy (non-hydrogen) atoms. The Hall–Kier alpha value is -1.79. The van der Waals surface area contributed by atoms with Gasteiger partial charge in [0.15, 0.2) is 0 Å². The van der Waals surface area contributed by atoms with E-state index in [-0.39, 0.29) is 0 Å². The first-order valence-corrected chi connectivity index (χ1v) is 6.14. The van der Waals surface area contributed by atoms with E-state index in [2.05, 4.69) is 5.32 Å². The summed E-state index contributed by atoms with van der Waals surface area (Å²) < 4.78 is 9.54. The number of nitrogens with one attached hydrogen (secondary N) is 1. The molecule has 7 heteroatoms. The van der Waals surface area contributed by atoms with Crippen LogP contribution in [0.5, 0.6) is 0 Å². The number of carboxylic acid groups (broad SMARTS) is 1. The summed E-state index contributed by atoms with van der Waals surface area (Å²) in [6, 6.07) is -0.668. The molecule has 7 nitrogen and oxygen atoms in total. The molecule has 0 rings (SSSR count). The van der Waals surface area contributed by atoms with Crippen LogP contribution in [0.2, 0.25) is 0 Å². The van der Waals surface area contributed by atoms with E-state index in [1.807, 2.05) is 6.92 Å². The summed E-state index contributed by atoms with van der Waals surface area (Å²) in [5, 5.41) is 9.80. The maximum absolute atomic E-state index is 11.1. The lowest BCUT2D eigenvalue weighted by Gasteiger charge is -2.12. The van der Waals surface area contributed by atoms with Crippen LogP contribution < -0.4 is 5.32 Å². The maximum atomic E-state index is 11.1. The minimum absolute atomic E-state index is 0.301. The topological polar surface area (TPSA) is 102 Å². The number of carbonyl (C=O) groups is 3. The zero-order valence-electron chi connectivity index (χ0n) is 11.9. The molecule has 0 aliphatic heterocycles. The van der Waals surface area contributed by atoms with Gasteiger partial charge in [0.05, 0.1) is 13.2 Å². The fraction of sp³-hybridized carbons (Fsp3) is 0.750. The van der Waals surface area contributed by atoms with Crippen LogP contribution in [-0.4, -0.2) is 42.4 Å². The van der Waals surface area contributed by atoms with Crippen molar-refractivity contribution < 1.29 is 29.0 Å². The lowest BCUT2D eigenvalue weighted by molar-refractivity contribution is -0.145. The molecular formula is C12H23NO6. The second-order valence-electron chi connectivity index (χ2n) is 3.63. The van der Waals surface area contributed by atoms with Gasteiger partial charge in [-0.15, -0.1) is 0 Å². The van der Waals surface area contributed by atoms with Crippen molar-refractivity contribution >= 4 is 18.0 Å². The standard InChI is InChI=1S/C10H19NO4.C2H4O2/c1-4-6-7-15-10(13)11-8(3)9(12)14-5-2;1-2(3)4/h8H,4-7H2,1-3H3,(H,11,13);1H3,(H,3,4). The largest absolute Gasteiger partial charge is 0.481 e. The predicted molar refractivity (Wildman–Crippen MR) is 68.8 cm³/mol. The number of rotatable bonds is 6. The first kappa shape index (κ1) is 19.5. The summed E-state index contributed by atoms with van der Waals surface area (Å²) in [7, 11) is 0. The van der Waals surface area contributed by atoms with Crippen LogP contribution in [-0.2, 0) is 19.1 Å². The van der Waals surface area contributed by atoms with Gasteiger partial charge in [-0.1, -0.05) is 13.3 Å². The Labute approximate surface area is 113 Å². The minimum Gasteiger partial charge on any atom is -0.481 e. The van der Waals surface area contributed by atoms with Crippen molar-refractivity contribution in [2.45, 2.75) is 46.6 Å². The van der Waals surface area contributed by atoms with Crippen LogP contribution >= 0.6 is 0 Å². The summed E-state index contributed by atoms with van der Waals surface area (Å²) in [5.74, 6) is -1.29. The minimum atomic E-state index is -0.833. The number of carboxylic acids is 1. The molecule has 0 aliphatic carbocycles. The molecule has 0 saturated heterocycles. The lowest BCUT2D eigenvalue weighted by atomic mass is 10.3. The van der Waals surface area contributed by atoms with Crippen LogP contribution in [0.1, 0.15) is 40.5 Å². The highest BCUT2D eigenvalue weighted by Gasteiger charge is 2.16. The van der Waals surface area contributed by atoms with E-state index in [0.29, 0.717) is 13.2 Å². The number of ether oxygens (including phenoxy) is 2. The molecule has 0 aromatic rings. The van der Waals surface area contributed by atoms with Crippen molar-refractivity contribution in [1.29, 1.82) is 0 Å². The number of hydrogen-bond acceptors (Lipinski definition) is 5. The monoisotopic (exact) mass is 277 g/mol. The Morgan fingerprint density at radius 2 is 1.74 bits per heavy atom. The Bertz CT molecular complexity index is 275. The van der Waals surface area contributed by atoms with Crippen molar-refractivity contribution in [2.75, 3.05) is 13.2 Å². The fourth-order valence-electron chi connectivity index (χ4n) is 0.854. The number of alkyl carbamates (subject to hydrolysis) is 1. The summed E-state index contributed by atoms with van der Waals surface area (Å²) in [5.41, 5.74) is 0. The molecule has 0 saturated carbocycles.